The highest BCUT2D eigenvalue weighted by molar-refractivity contribution is 5.84. The molecule has 0 spiro atoms. The van der Waals surface area contributed by atoms with Gasteiger partial charge in [-0.3, -0.25) is 4.79 Å². The van der Waals surface area contributed by atoms with E-state index in [1.807, 2.05) is 0 Å². The van der Waals surface area contributed by atoms with Gasteiger partial charge in [0.05, 0.1) is 0 Å². The van der Waals surface area contributed by atoms with Crippen LogP contribution in [0.2, 0.25) is 0 Å². The predicted octanol–water partition coefficient (Wildman–Crippen LogP) is 4.11. The quantitative estimate of drug-likeness (QED) is 0.534. The third kappa shape index (κ3) is 3.43. The van der Waals surface area contributed by atoms with Gasteiger partial charge in [-0.1, -0.05) is 45.4 Å². The SMILES string of the molecule is CCCCCCCCC1(C(C)=O)CC1. The van der Waals surface area contributed by atoms with Crippen LogP contribution in [0.1, 0.15) is 71.6 Å². The number of carbonyl (C=O) groups is 1. The van der Waals surface area contributed by atoms with E-state index in [9.17, 15) is 4.79 Å². The Morgan fingerprint density at radius 2 is 1.64 bits per heavy atom. The maximum absolute atomic E-state index is 11.3. The Morgan fingerprint density at radius 1 is 1.07 bits per heavy atom. The van der Waals surface area contributed by atoms with Gasteiger partial charge in [-0.15, -0.1) is 0 Å². The Balaban J connectivity index is 1.96. The van der Waals surface area contributed by atoms with Crippen molar-refractivity contribution < 1.29 is 4.79 Å². The molecular weight excluding hydrogens is 172 g/mol. The standard InChI is InChI=1S/C13H24O/c1-3-4-5-6-7-8-9-13(10-11-13)12(2)14/h3-11H2,1-2H3. The van der Waals surface area contributed by atoms with Crippen molar-refractivity contribution in [2.75, 3.05) is 0 Å². The monoisotopic (exact) mass is 196 g/mol. The normalized spacial score (nSPS) is 18.1. The molecular formula is C13H24O. The minimum atomic E-state index is 0.157. The fraction of sp³-hybridized carbons (Fsp3) is 0.923. The van der Waals surface area contributed by atoms with Gasteiger partial charge >= 0.3 is 0 Å². The highest BCUT2D eigenvalue weighted by atomic mass is 16.1. The summed E-state index contributed by atoms with van der Waals surface area (Å²) >= 11 is 0. The first-order valence-corrected chi connectivity index (χ1v) is 6.22. The van der Waals surface area contributed by atoms with Gasteiger partial charge in [-0.05, 0) is 26.2 Å². The molecule has 0 atom stereocenters. The first-order valence-electron chi connectivity index (χ1n) is 6.22. The molecule has 1 rings (SSSR count). The largest absolute Gasteiger partial charge is 0.299 e. The van der Waals surface area contributed by atoms with Crippen molar-refractivity contribution in [2.45, 2.75) is 71.6 Å². The third-order valence-corrected chi connectivity index (χ3v) is 3.61. The summed E-state index contributed by atoms with van der Waals surface area (Å²) in [5.41, 5.74) is 0.157. The van der Waals surface area contributed by atoms with Crippen LogP contribution in [-0.2, 0) is 4.79 Å². The van der Waals surface area contributed by atoms with Crippen LogP contribution in [-0.4, -0.2) is 5.78 Å². The highest BCUT2D eigenvalue weighted by Crippen LogP contribution is 2.50. The number of Topliss-reactive ketones (excluding diaryl/α,β-unsaturated/α-hetero) is 1. The fourth-order valence-corrected chi connectivity index (χ4v) is 2.17. The summed E-state index contributed by atoms with van der Waals surface area (Å²) in [6, 6.07) is 0. The number of carbonyl (C=O) groups excluding carboxylic acids is 1. The zero-order chi connectivity index (χ0) is 10.4. The molecule has 14 heavy (non-hydrogen) atoms. The maximum Gasteiger partial charge on any atom is 0.135 e. The lowest BCUT2D eigenvalue weighted by molar-refractivity contribution is -0.122. The van der Waals surface area contributed by atoms with Crippen molar-refractivity contribution in [3.05, 3.63) is 0 Å². The van der Waals surface area contributed by atoms with Gasteiger partial charge in [-0.2, -0.15) is 0 Å². The lowest BCUT2D eigenvalue weighted by atomic mass is 9.94. The van der Waals surface area contributed by atoms with Crippen LogP contribution in [0.15, 0.2) is 0 Å². The number of ketones is 1. The second kappa shape index (κ2) is 5.53. The zero-order valence-electron chi connectivity index (χ0n) is 9.77. The van der Waals surface area contributed by atoms with E-state index in [0.29, 0.717) is 5.78 Å². The highest BCUT2D eigenvalue weighted by Gasteiger charge is 2.45. The first kappa shape index (κ1) is 11.7. The van der Waals surface area contributed by atoms with Crippen LogP contribution < -0.4 is 0 Å². The van der Waals surface area contributed by atoms with Gasteiger partial charge < -0.3 is 0 Å². The van der Waals surface area contributed by atoms with Crippen LogP contribution in [0.4, 0.5) is 0 Å². The Hall–Kier alpha value is -0.330. The second-order valence-electron chi connectivity index (χ2n) is 4.85. The van der Waals surface area contributed by atoms with E-state index in [2.05, 4.69) is 6.92 Å². The van der Waals surface area contributed by atoms with E-state index < -0.39 is 0 Å². The van der Waals surface area contributed by atoms with Gasteiger partial charge in [0.1, 0.15) is 5.78 Å². The molecule has 0 bridgehead atoms. The van der Waals surface area contributed by atoms with Crippen molar-refractivity contribution in [3.8, 4) is 0 Å². The van der Waals surface area contributed by atoms with Crippen molar-refractivity contribution >= 4 is 5.78 Å². The van der Waals surface area contributed by atoms with E-state index in [0.717, 1.165) is 19.3 Å². The number of rotatable bonds is 8. The molecule has 0 N–H and O–H groups in total. The Kier molecular flexibility index (Phi) is 4.64. The van der Waals surface area contributed by atoms with Crippen LogP contribution >= 0.6 is 0 Å². The second-order valence-corrected chi connectivity index (χ2v) is 4.85. The van der Waals surface area contributed by atoms with Crippen LogP contribution in [0.3, 0.4) is 0 Å². The Labute approximate surface area is 88.3 Å². The Bertz CT molecular complexity index is 180. The molecule has 0 aromatic rings. The van der Waals surface area contributed by atoms with Crippen LogP contribution in [0, 0.1) is 5.41 Å². The van der Waals surface area contributed by atoms with Gasteiger partial charge in [0, 0.05) is 5.41 Å². The average molecular weight is 196 g/mol. The molecule has 1 aliphatic rings. The van der Waals surface area contributed by atoms with E-state index in [1.165, 1.54) is 38.5 Å². The van der Waals surface area contributed by atoms with E-state index >= 15 is 0 Å². The molecule has 1 aliphatic carbocycles. The molecule has 1 fully saturated rings. The maximum atomic E-state index is 11.3. The minimum absolute atomic E-state index is 0.157. The number of hydrogen-bond acceptors (Lipinski definition) is 1. The lowest BCUT2D eigenvalue weighted by Gasteiger charge is -2.10. The number of hydrogen-bond donors (Lipinski definition) is 0. The zero-order valence-corrected chi connectivity index (χ0v) is 9.77. The molecule has 0 aliphatic heterocycles. The third-order valence-electron chi connectivity index (χ3n) is 3.61. The first-order chi connectivity index (χ1) is 6.71. The predicted molar refractivity (Wildman–Crippen MR) is 60.3 cm³/mol. The molecule has 0 unspecified atom stereocenters. The van der Waals surface area contributed by atoms with Crippen LogP contribution in [0.5, 0.6) is 0 Å². The Morgan fingerprint density at radius 3 is 2.14 bits per heavy atom. The summed E-state index contributed by atoms with van der Waals surface area (Å²) in [7, 11) is 0. The molecule has 0 radical (unpaired) electrons. The molecule has 82 valence electrons. The summed E-state index contributed by atoms with van der Waals surface area (Å²) < 4.78 is 0. The summed E-state index contributed by atoms with van der Waals surface area (Å²) in [4.78, 5) is 11.3. The van der Waals surface area contributed by atoms with Crippen molar-refractivity contribution in [1.29, 1.82) is 0 Å². The molecule has 1 heteroatoms. The van der Waals surface area contributed by atoms with Gasteiger partial charge in [-0.25, -0.2) is 0 Å². The van der Waals surface area contributed by atoms with Crippen molar-refractivity contribution in [3.63, 3.8) is 0 Å². The number of unbranched alkanes of at least 4 members (excludes halogenated alkanes) is 5. The smallest absolute Gasteiger partial charge is 0.135 e. The topological polar surface area (TPSA) is 17.1 Å². The molecule has 1 nitrogen and oxygen atoms in total. The van der Waals surface area contributed by atoms with Crippen molar-refractivity contribution in [2.24, 2.45) is 5.41 Å². The van der Waals surface area contributed by atoms with Gasteiger partial charge in [0.25, 0.3) is 0 Å². The fourth-order valence-electron chi connectivity index (χ4n) is 2.17. The van der Waals surface area contributed by atoms with Gasteiger partial charge in [0.15, 0.2) is 0 Å². The molecule has 0 amide bonds. The molecule has 0 aromatic carbocycles. The van der Waals surface area contributed by atoms with E-state index in [4.69, 9.17) is 0 Å². The molecule has 0 aromatic heterocycles. The summed E-state index contributed by atoms with van der Waals surface area (Å²) in [5.74, 6) is 0.436. The lowest BCUT2D eigenvalue weighted by Crippen LogP contribution is -2.11. The summed E-state index contributed by atoms with van der Waals surface area (Å²) in [5, 5.41) is 0. The van der Waals surface area contributed by atoms with Crippen molar-refractivity contribution in [1.82, 2.24) is 0 Å². The average Bonchev–Trinajstić information content (AvgIpc) is 2.92. The van der Waals surface area contributed by atoms with E-state index in [-0.39, 0.29) is 5.41 Å². The molecule has 0 heterocycles. The van der Waals surface area contributed by atoms with Crippen LogP contribution in [0.25, 0.3) is 0 Å². The summed E-state index contributed by atoms with van der Waals surface area (Å²) in [6.45, 7) is 4.01. The molecule has 1 saturated carbocycles. The summed E-state index contributed by atoms with van der Waals surface area (Å²) in [6.07, 6.45) is 11.5. The minimum Gasteiger partial charge on any atom is -0.299 e. The molecule has 0 saturated heterocycles. The van der Waals surface area contributed by atoms with E-state index in [1.54, 1.807) is 6.92 Å². The van der Waals surface area contributed by atoms with Gasteiger partial charge in [0.2, 0.25) is 0 Å².